The second kappa shape index (κ2) is 6.89. The lowest BCUT2D eigenvalue weighted by atomic mass is 10.3. The highest BCUT2D eigenvalue weighted by Crippen LogP contribution is 1.94. The van der Waals surface area contributed by atoms with Gasteiger partial charge < -0.3 is 10.1 Å². The molecule has 1 unspecified atom stereocenters. The van der Waals surface area contributed by atoms with Crippen molar-refractivity contribution in [1.82, 2.24) is 5.32 Å². The maximum absolute atomic E-state index is 11.3. The van der Waals surface area contributed by atoms with Gasteiger partial charge in [-0.15, -0.1) is 0 Å². The third-order valence-corrected chi connectivity index (χ3v) is 1.68. The molecule has 78 valence electrons. The van der Waals surface area contributed by atoms with Gasteiger partial charge in [0.05, 0.1) is 6.61 Å². The molecule has 0 aliphatic carbocycles. The Balaban J connectivity index is 3.57. The smallest absolute Gasteiger partial charge is 0.322 e. The van der Waals surface area contributed by atoms with Crippen molar-refractivity contribution in [1.29, 1.82) is 0 Å². The monoisotopic (exact) mass is 187 g/mol. The number of esters is 1. The number of carbonyl (C=O) groups excluding carboxylic acids is 1. The molecule has 0 aliphatic rings. The molecule has 0 amide bonds. The third kappa shape index (κ3) is 6.58. The summed E-state index contributed by atoms with van der Waals surface area (Å²) in [6.07, 6.45) is 2.00. The van der Waals surface area contributed by atoms with Crippen LogP contribution >= 0.6 is 0 Å². The normalized spacial score (nSPS) is 13.0. The van der Waals surface area contributed by atoms with Crippen LogP contribution in [0.5, 0.6) is 0 Å². The van der Waals surface area contributed by atoms with Gasteiger partial charge in [0.1, 0.15) is 6.04 Å². The zero-order chi connectivity index (χ0) is 10.3. The van der Waals surface area contributed by atoms with Crippen LogP contribution in [-0.2, 0) is 9.53 Å². The van der Waals surface area contributed by atoms with E-state index in [9.17, 15) is 4.79 Å². The average molecular weight is 187 g/mol. The highest BCUT2D eigenvalue weighted by molar-refractivity contribution is 5.75. The molecule has 3 nitrogen and oxygen atoms in total. The molecule has 0 saturated carbocycles. The number of carbonyl (C=O) groups is 1. The van der Waals surface area contributed by atoms with Gasteiger partial charge in [-0.1, -0.05) is 27.2 Å². The fourth-order valence-electron chi connectivity index (χ4n) is 1.01. The van der Waals surface area contributed by atoms with Crippen molar-refractivity contribution in [3.8, 4) is 0 Å². The van der Waals surface area contributed by atoms with Crippen molar-refractivity contribution >= 4 is 5.97 Å². The summed E-state index contributed by atoms with van der Waals surface area (Å²) < 4.78 is 5.04. The van der Waals surface area contributed by atoms with Gasteiger partial charge in [0.15, 0.2) is 0 Å². The first-order chi connectivity index (χ1) is 6.07. The lowest BCUT2D eigenvalue weighted by molar-refractivity contribution is -0.146. The zero-order valence-electron chi connectivity index (χ0n) is 9.09. The standard InChI is InChI=1S/C10H21NO2/c1-5-6-7-13-10(12)9(4)11-8(2)3/h8-9,11H,5-7H2,1-4H3. The van der Waals surface area contributed by atoms with E-state index >= 15 is 0 Å². The minimum absolute atomic E-state index is 0.151. The Kier molecular flexibility index (Phi) is 6.59. The number of ether oxygens (including phenoxy) is 1. The molecule has 1 N–H and O–H groups in total. The van der Waals surface area contributed by atoms with Crippen LogP contribution in [0.2, 0.25) is 0 Å². The fourth-order valence-corrected chi connectivity index (χ4v) is 1.01. The summed E-state index contributed by atoms with van der Waals surface area (Å²) >= 11 is 0. The molecule has 0 aromatic rings. The van der Waals surface area contributed by atoms with Gasteiger partial charge >= 0.3 is 5.97 Å². The van der Waals surface area contributed by atoms with Gasteiger partial charge in [0, 0.05) is 6.04 Å². The predicted molar refractivity (Wildman–Crippen MR) is 53.6 cm³/mol. The summed E-state index contributed by atoms with van der Waals surface area (Å²) in [5.41, 5.74) is 0. The minimum atomic E-state index is -0.197. The summed E-state index contributed by atoms with van der Waals surface area (Å²) in [5, 5.41) is 3.09. The number of nitrogens with one attached hydrogen (secondary N) is 1. The summed E-state index contributed by atoms with van der Waals surface area (Å²) in [7, 11) is 0. The van der Waals surface area contributed by atoms with Gasteiger partial charge in [-0.05, 0) is 13.3 Å². The molecule has 0 aromatic heterocycles. The van der Waals surface area contributed by atoms with Crippen molar-refractivity contribution in [3.05, 3.63) is 0 Å². The van der Waals surface area contributed by atoms with E-state index < -0.39 is 0 Å². The van der Waals surface area contributed by atoms with E-state index in [-0.39, 0.29) is 12.0 Å². The van der Waals surface area contributed by atoms with Crippen LogP contribution in [0.3, 0.4) is 0 Å². The van der Waals surface area contributed by atoms with Crippen LogP contribution in [0.4, 0.5) is 0 Å². The number of unbranched alkanes of at least 4 members (excludes halogenated alkanes) is 1. The van der Waals surface area contributed by atoms with Gasteiger partial charge in [-0.3, -0.25) is 4.79 Å². The van der Waals surface area contributed by atoms with Crippen LogP contribution in [0, 0.1) is 0 Å². The molecule has 0 bridgehead atoms. The molecule has 0 spiro atoms. The first-order valence-electron chi connectivity index (χ1n) is 5.00. The van der Waals surface area contributed by atoms with E-state index in [2.05, 4.69) is 12.2 Å². The number of hydrogen-bond acceptors (Lipinski definition) is 3. The van der Waals surface area contributed by atoms with E-state index in [1.807, 2.05) is 20.8 Å². The Bertz CT molecular complexity index is 146. The van der Waals surface area contributed by atoms with E-state index in [0.29, 0.717) is 12.6 Å². The molecule has 0 aliphatic heterocycles. The predicted octanol–water partition coefficient (Wildman–Crippen LogP) is 1.72. The summed E-state index contributed by atoms with van der Waals surface area (Å²) in [5.74, 6) is -0.151. The van der Waals surface area contributed by atoms with E-state index in [4.69, 9.17) is 4.74 Å². The SMILES string of the molecule is CCCCOC(=O)C(C)NC(C)C. The molecule has 0 heterocycles. The largest absolute Gasteiger partial charge is 0.465 e. The van der Waals surface area contributed by atoms with Crippen molar-refractivity contribution in [2.45, 2.75) is 52.6 Å². The Labute approximate surface area is 80.8 Å². The van der Waals surface area contributed by atoms with Crippen molar-refractivity contribution in [3.63, 3.8) is 0 Å². The summed E-state index contributed by atoms with van der Waals surface area (Å²) in [6, 6.07) is 0.116. The molecule has 0 radical (unpaired) electrons. The highest BCUT2D eigenvalue weighted by Gasteiger charge is 2.13. The maximum Gasteiger partial charge on any atom is 0.322 e. The van der Waals surface area contributed by atoms with Gasteiger partial charge in [0.2, 0.25) is 0 Å². The Morgan fingerprint density at radius 3 is 2.46 bits per heavy atom. The quantitative estimate of drug-likeness (QED) is 0.508. The lowest BCUT2D eigenvalue weighted by Crippen LogP contribution is -2.39. The van der Waals surface area contributed by atoms with Crippen molar-refractivity contribution in [2.24, 2.45) is 0 Å². The second-order valence-corrected chi connectivity index (χ2v) is 3.56. The van der Waals surface area contributed by atoms with E-state index in [1.54, 1.807) is 0 Å². The zero-order valence-corrected chi connectivity index (χ0v) is 9.09. The van der Waals surface area contributed by atoms with Crippen molar-refractivity contribution < 1.29 is 9.53 Å². The fraction of sp³-hybridized carbons (Fsp3) is 0.900. The summed E-state index contributed by atoms with van der Waals surface area (Å²) in [4.78, 5) is 11.3. The first-order valence-corrected chi connectivity index (χ1v) is 5.00. The highest BCUT2D eigenvalue weighted by atomic mass is 16.5. The molecule has 0 saturated heterocycles. The van der Waals surface area contributed by atoms with Gasteiger partial charge in [0.25, 0.3) is 0 Å². The molecule has 13 heavy (non-hydrogen) atoms. The van der Waals surface area contributed by atoms with Gasteiger partial charge in [-0.2, -0.15) is 0 Å². The lowest BCUT2D eigenvalue weighted by Gasteiger charge is -2.15. The first kappa shape index (κ1) is 12.4. The van der Waals surface area contributed by atoms with E-state index in [1.165, 1.54) is 0 Å². The maximum atomic E-state index is 11.3. The molecule has 1 atom stereocenters. The van der Waals surface area contributed by atoms with Gasteiger partial charge in [-0.25, -0.2) is 0 Å². The Morgan fingerprint density at radius 1 is 1.38 bits per heavy atom. The topological polar surface area (TPSA) is 38.3 Å². The second-order valence-electron chi connectivity index (χ2n) is 3.56. The molecule has 0 fully saturated rings. The minimum Gasteiger partial charge on any atom is -0.465 e. The Hall–Kier alpha value is -0.570. The molecular weight excluding hydrogens is 166 g/mol. The van der Waals surface area contributed by atoms with Crippen LogP contribution in [0.25, 0.3) is 0 Å². The van der Waals surface area contributed by atoms with Crippen molar-refractivity contribution in [2.75, 3.05) is 6.61 Å². The molecule has 0 aromatic carbocycles. The average Bonchev–Trinajstić information content (AvgIpc) is 2.03. The number of rotatable bonds is 6. The van der Waals surface area contributed by atoms with Crippen LogP contribution in [-0.4, -0.2) is 24.7 Å². The van der Waals surface area contributed by atoms with E-state index in [0.717, 1.165) is 12.8 Å². The van der Waals surface area contributed by atoms with Crippen LogP contribution in [0.15, 0.2) is 0 Å². The Morgan fingerprint density at radius 2 is 2.00 bits per heavy atom. The molecule has 0 rings (SSSR count). The molecule has 3 heteroatoms. The third-order valence-electron chi connectivity index (χ3n) is 1.68. The van der Waals surface area contributed by atoms with Crippen LogP contribution < -0.4 is 5.32 Å². The van der Waals surface area contributed by atoms with Crippen LogP contribution in [0.1, 0.15) is 40.5 Å². The number of hydrogen-bond donors (Lipinski definition) is 1. The summed E-state index contributed by atoms with van der Waals surface area (Å²) in [6.45, 7) is 8.46. The molecular formula is C10H21NO2.